The molecule has 2 rings (SSSR count). The zero-order valence-electron chi connectivity index (χ0n) is 14.5. The standard InChI is InChI=1S/C20H23ClN2O2/c1-14(17-10-6-7-11-18(17)21)22-13-20(25)23-19(15(2)24)12-16-8-4-3-5-9-16/h3-11,14,19,22H,12-13H2,1-2H3,(H,23,25)/p+1/t14-,19+/m0/s1. The summed E-state index contributed by atoms with van der Waals surface area (Å²) < 4.78 is 0. The van der Waals surface area contributed by atoms with Crippen LogP contribution in [0.4, 0.5) is 0 Å². The zero-order valence-corrected chi connectivity index (χ0v) is 15.3. The molecule has 0 radical (unpaired) electrons. The third-order valence-corrected chi connectivity index (χ3v) is 4.51. The van der Waals surface area contributed by atoms with Crippen LogP contribution in [0.5, 0.6) is 0 Å². The number of quaternary nitrogens is 1. The van der Waals surface area contributed by atoms with Crippen molar-refractivity contribution in [3.8, 4) is 0 Å². The number of benzene rings is 2. The Morgan fingerprint density at radius 1 is 1.08 bits per heavy atom. The molecule has 0 saturated heterocycles. The maximum atomic E-state index is 12.2. The van der Waals surface area contributed by atoms with E-state index in [-0.39, 0.29) is 24.3 Å². The highest BCUT2D eigenvalue weighted by atomic mass is 35.5. The van der Waals surface area contributed by atoms with Crippen molar-refractivity contribution in [2.45, 2.75) is 32.4 Å². The number of carbonyl (C=O) groups is 2. The SMILES string of the molecule is CC(=O)[C@@H](Cc1ccccc1)NC(=O)C[NH2+][C@@H](C)c1ccccc1Cl. The molecule has 2 aromatic rings. The minimum absolute atomic E-state index is 0.0450. The van der Waals surface area contributed by atoms with Gasteiger partial charge in [0, 0.05) is 10.6 Å². The van der Waals surface area contributed by atoms with Crippen LogP contribution in [0, 0.1) is 0 Å². The number of carbonyl (C=O) groups excluding carboxylic acids is 2. The zero-order chi connectivity index (χ0) is 18.2. The van der Waals surface area contributed by atoms with Crippen molar-refractivity contribution in [2.75, 3.05) is 6.54 Å². The molecule has 3 N–H and O–H groups in total. The van der Waals surface area contributed by atoms with Gasteiger partial charge in [-0.15, -0.1) is 0 Å². The number of rotatable bonds is 8. The average molecular weight is 360 g/mol. The Morgan fingerprint density at radius 3 is 2.36 bits per heavy atom. The van der Waals surface area contributed by atoms with E-state index in [0.717, 1.165) is 11.1 Å². The van der Waals surface area contributed by atoms with Gasteiger partial charge < -0.3 is 10.6 Å². The van der Waals surface area contributed by atoms with Crippen LogP contribution in [0.2, 0.25) is 5.02 Å². The molecule has 0 bridgehead atoms. The number of halogens is 1. The smallest absolute Gasteiger partial charge is 0.275 e. The molecule has 0 saturated carbocycles. The number of hydrogen-bond donors (Lipinski definition) is 2. The lowest BCUT2D eigenvalue weighted by Crippen LogP contribution is -2.87. The van der Waals surface area contributed by atoms with E-state index in [2.05, 4.69) is 5.32 Å². The van der Waals surface area contributed by atoms with Crippen LogP contribution in [0.25, 0.3) is 0 Å². The molecule has 0 aliphatic carbocycles. The number of ketones is 1. The lowest BCUT2D eigenvalue weighted by atomic mass is 10.0. The second-order valence-electron chi connectivity index (χ2n) is 6.17. The fourth-order valence-corrected chi connectivity index (χ4v) is 2.96. The lowest BCUT2D eigenvalue weighted by molar-refractivity contribution is -0.682. The van der Waals surface area contributed by atoms with Gasteiger partial charge in [-0.2, -0.15) is 0 Å². The van der Waals surface area contributed by atoms with Gasteiger partial charge >= 0.3 is 0 Å². The van der Waals surface area contributed by atoms with Gasteiger partial charge in [0.05, 0.1) is 6.04 Å². The van der Waals surface area contributed by atoms with Crippen LogP contribution in [-0.4, -0.2) is 24.3 Å². The Hall–Kier alpha value is -2.17. The molecular weight excluding hydrogens is 336 g/mol. The van der Waals surface area contributed by atoms with Crippen molar-refractivity contribution >= 4 is 23.3 Å². The van der Waals surface area contributed by atoms with E-state index in [1.165, 1.54) is 6.92 Å². The molecular formula is C20H24ClN2O2+. The first kappa shape index (κ1) is 19.2. The van der Waals surface area contributed by atoms with Crippen LogP contribution in [0.1, 0.15) is 31.0 Å². The van der Waals surface area contributed by atoms with Crippen molar-refractivity contribution in [3.05, 3.63) is 70.7 Å². The van der Waals surface area contributed by atoms with Crippen LogP contribution >= 0.6 is 11.6 Å². The summed E-state index contributed by atoms with van der Waals surface area (Å²) in [4.78, 5) is 24.1. The predicted octanol–water partition coefficient (Wildman–Crippen LogP) is 2.28. The normalized spacial score (nSPS) is 13.1. The average Bonchev–Trinajstić information content (AvgIpc) is 2.60. The van der Waals surface area contributed by atoms with Gasteiger partial charge in [-0.3, -0.25) is 9.59 Å². The molecule has 0 unspecified atom stereocenters. The third-order valence-electron chi connectivity index (χ3n) is 4.16. The molecule has 0 aromatic heterocycles. The molecule has 0 aliphatic rings. The molecule has 5 heteroatoms. The summed E-state index contributed by atoms with van der Waals surface area (Å²) in [5.41, 5.74) is 2.01. The summed E-state index contributed by atoms with van der Waals surface area (Å²) >= 11 is 6.19. The Labute approximate surface area is 153 Å². The fourth-order valence-electron chi connectivity index (χ4n) is 2.65. The van der Waals surface area contributed by atoms with E-state index in [0.29, 0.717) is 11.4 Å². The summed E-state index contributed by atoms with van der Waals surface area (Å²) in [6.45, 7) is 3.75. The minimum Gasteiger partial charge on any atom is -0.341 e. The number of Topliss-reactive ketones (excluding diaryl/α,β-unsaturated/α-hetero) is 1. The topological polar surface area (TPSA) is 62.8 Å². The van der Waals surface area contributed by atoms with Crippen LogP contribution < -0.4 is 10.6 Å². The van der Waals surface area contributed by atoms with Gasteiger partial charge in [0.2, 0.25) is 0 Å². The summed E-state index contributed by atoms with van der Waals surface area (Å²) in [6.07, 6.45) is 0.502. The number of amides is 1. The Bertz CT molecular complexity index is 719. The highest BCUT2D eigenvalue weighted by Crippen LogP contribution is 2.19. The Balaban J connectivity index is 1.89. The maximum absolute atomic E-state index is 12.2. The fraction of sp³-hybridized carbons (Fsp3) is 0.300. The molecule has 0 aliphatic heterocycles. The Kier molecular flexibility index (Phi) is 7.16. The Morgan fingerprint density at radius 2 is 1.72 bits per heavy atom. The molecule has 4 nitrogen and oxygen atoms in total. The molecule has 132 valence electrons. The largest absolute Gasteiger partial charge is 0.341 e. The molecule has 2 atom stereocenters. The van der Waals surface area contributed by atoms with Crippen molar-refractivity contribution in [1.29, 1.82) is 0 Å². The summed E-state index contributed by atoms with van der Waals surface area (Å²) in [5.74, 6) is -0.202. The van der Waals surface area contributed by atoms with Gasteiger partial charge in [0.15, 0.2) is 12.3 Å². The molecule has 0 fully saturated rings. The molecule has 2 aromatic carbocycles. The van der Waals surface area contributed by atoms with E-state index in [9.17, 15) is 9.59 Å². The van der Waals surface area contributed by atoms with Crippen molar-refractivity contribution in [1.82, 2.24) is 5.32 Å². The molecule has 0 spiro atoms. The second-order valence-corrected chi connectivity index (χ2v) is 6.58. The monoisotopic (exact) mass is 359 g/mol. The summed E-state index contributed by atoms with van der Waals surface area (Å²) in [7, 11) is 0. The maximum Gasteiger partial charge on any atom is 0.275 e. The van der Waals surface area contributed by atoms with E-state index in [1.807, 2.05) is 66.8 Å². The van der Waals surface area contributed by atoms with Crippen LogP contribution in [-0.2, 0) is 16.0 Å². The highest BCUT2D eigenvalue weighted by Gasteiger charge is 2.20. The highest BCUT2D eigenvalue weighted by molar-refractivity contribution is 6.31. The van der Waals surface area contributed by atoms with Crippen molar-refractivity contribution < 1.29 is 14.9 Å². The molecule has 0 heterocycles. The summed E-state index contributed by atoms with van der Waals surface area (Å²) in [5, 5.41) is 5.44. The van der Waals surface area contributed by atoms with E-state index >= 15 is 0 Å². The first-order valence-electron chi connectivity index (χ1n) is 8.39. The molecule has 1 amide bonds. The van der Waals surface area contributed by atoms with Gasteiger partial charge in [-0.1, -0.05) is 60.1 Å². The van der Waals surface area contributed by atoms with E-state index in [4.69, 9.17) is 11.6 Å². The quantitative estimate of drug-likeness (QED) is 0.759. The summed E-state index contributed by atoms with van der Waals surface area (Å²) in [6, 6.07) is 16.8. The van der Waals surface area contributed by atoms with Crippen molar-refractivity contribution in [3.63, 3.8) is 0 Å². The first-order chi connectivity index (χ1) is 12.0. The second kappa shape index (κ2) is 9.35. The van der Waals surface area contributed by atoms with Gasteiger partial charge in [-0.05, 0) is 31.9 Å². The number of nitrogens with two attached hydrogens (primary N) is 1. The van der Waals surface area contributed by atoms with Gasteiger partial charge in [0.1, 0.15) is 6.04 Å². The van der Waals surface area contributed by atoms with Crippen LogP contribution in [0.15, 0.2) is 54.6 Å². The van der Waals surface area contributed by atoms with Crippen LogP contribution in [0.3, 0.4) is 0 Å². The van der Waals surface area contributed by atoms with Gasteiger partial charge in [0.25, 0.3) is 5.91 Å². The van der Waals surface area contributed by atoms with Gasteiger partial charge in [-0.25, -0.2) is 0 Å². The lowest BCUT2D eigenvalue weighted by Gasteiger charge is -2.17. The van der Waals surface area contributed by atoms with E-state index < -0.39 is 6.04 Å². The minimum atomic E-state index is -0.501. The van der Waals surface area contributed by atoms with Crippen molar-refractivity contribution in [2.24, 2.45) is 0 Å². The number of hydrogen-bond acceptors (Lipinski definition) is 2. The third kappa shape index (κ3) is 6.00. The number of nitrogens with one attached hydrogen (secondary N) is 1. The molecule has 25 heavy (non-hydrogen) atoms. The van der Waals surface area contributed by atoms with E-state index in [1.54, 1.807) is 0 Å². The first-order valence-corrected chi connectivity index (χ1v) is 8.76. The predicted molar refractivity (Wildman–Crippen MR) is 99.4 cm³/mol.